The topological polar surface area (TPSA) is 93.7 Å². The third kappa shape index (κ3) is 8.15. The van der Waals surface area contributed by atoms with Gasteiger partial charge in [-0.25, -0.2) is 5.09 Å². The molecule has 1 unspecified atom stereocenters. The Bertz CT molecular complexity index is 824. The Morgan fingerprint density at radius 3 is 1.87 bits per heavy atom. The molecule has 7 nitrogen and oxygen atoms in total. The first kappa shape index (κ1) is 26.9. The Labute approximate surface area is 173 Å². The molecule has 0 aromatic heterocycles. The van der Waals surface area contributed by atoms with Crippen LogP contribution in [0.4, 0.5) is 26.3 Å². The van der Waals surface area contributed by atoms with E-state index in [4.69, 9.17) is 9.47 Å². The summed E-state index contributed by atoms with van der Waals surface area (Å²) in [5, 5.41) is 4.11. The van der Waals surface area contributed by atoms with Crippen LogP contribution in [-0.4, -0.2) is 37.5 Å². The van der Waals surface area contributed by atoms with Gasteiger partial charge in [0.1, 0.15) is 12.4 Å². The van der Waals surface area contributed by atoms with Gasteiger partial charge < -0.3 is 9.47 Å². The molecule has 0 aliphatic heterocycles. The second kappa shape index (κ2) is 10.0. The number of esters is 1. The van der Waals surface area contributed by atoms with Crippen molar-refractivity contribution in [3.8, 4) is 0 Å². The number of methoxy groups -OCH3 is 1. The van der Waals surface area contributed by atoms with E-state index in [1.54, 1.807) is 13.8 Å². The SMILES string of the molecule is COCP(=O)(NC(=O)c1cc(C(F)(F)F)cc(C(F)(F)F)c1)N[C@@H](C)C(=O)OC(C)C. The number of halogens is 6. The number of amides is 1. The Kier molecular flexibility index (Phi) is 8.69. The number of ether oxygens (including phenoxy) is 2. The minimum Gasteiger partial charge on any atom is -0.462 e. The van der Waals surface area contributed by atoms with Gasteiger partial charge in [0.05, 0.1) is 17.2 Å². The van der Waals surface area contributed by atoms with E-state index in [1.165, 1.54) is 6.92 Å². The Hall–Kier alpha value is -2.11. The van der Waals surface area contributed by atoms with Crippen LogP contribution >= 0.6 is 7.44 Å². The van der Waals surface area contributed by atoms with E-state index in [2.05, 4.69) is 5.09 Å². The zero-order valence-corrected chi connectivity index (χ0v) is 17.7. The Morgan fingerprint density at radius 2 is 1.48 bits per heavy atom. The minimum atomic E-state index is -5.17. The van der Waals surface area contributed by atoms with Gasteiger partial charge in [0.25, 0.3) is 13.4 Å². The number of benzene rings is 1. The van der Waals surface area contributed by atoms with Gasteiger partial charge in [-0.05, 0) is 39.0 Å². The molecule has 0 fully saturated rings. The molecule has 0 aliphatic rings. The van der Waals surface area contributed by atoms with E-state index in [0.717, 1.165) is 7.11 Å². The highest BCUT2D eigenvalue weighted by Crippen LogP contribution is 2.39. The number of hydrogen-bond acceptors (Lipinski definition) is 5. The van der Waals surface area contributed by atoms with Crippen molar-refractivity contribution in [3.63, 3.8) is 0 Å². The fourth-order valence-electron chi connectivity index (χ4n) is 2.30. The molecule has 31 heavy (non-hydrogen) atoms. The molecule has 0 aliphatic carbocycles. The monoisotopic (exact) mass is 478 g/mol. The summed E-state index contributed by atoms with van der Waals surface area (Å²) in [7, 11) is -3.05. The molecule has 2 atom stereocenters. The summed E-state index contributed by atoms with van der Waals surface area (Å²) in [5.74, 6) is -2.34. The molecule has 1 rings (SSSR count). The molecule has 2 N–H and O–H groups in total. The van der Waals surface area contributed by atoms with Crippen LogP contribution in [0.2, 0.25) is 0 Å². The lowest BCUT2D eigenvalue weighted by molar-refractivity contribution is -0.149. The molecule has 0 saturated heterocycles. The van der Waals surface area contributed by atoms with Crippen LogP contribution in [0.25, 0.3) is 0 Å². The van der Waals surface area contributed by atoms with E-state index in [-0.39, 0.29) is 18.2 Å². The van der Waals surface area contributed by atoms with E-state index in [9.17, 15) is 40.5 Å². The molecule has 1 amide bonds. The van der Waals surface area contributed by atoms with Crippen molar-refractivity contribution < 1.29 is 50.0 Å². The van der Waals surface area contributed by atoms with Crippen molar-refractivity contribution >= 4 is 19.3 Å². The van der Waals surface area contributed by atoms with Gasteiger partial charge in [-0.1, -0.05) is 0 Å². The number of carbonyl (C=O) groups is 2. The average Bonchev–Trinajstić information content (AvgIpc) is 2.59. The largest absolute Gasteiger partial charge is 0.462 e. The van der Waals surface area contributed by atoms with E-state index in [1.807, 2.05) is 5.09 Å². The van der Waals surface area contributed by atoms with Gasteiger partial charge in [0.15, 0.2) is 0 Å². The zero-order chi connectivity index (χ0) is 24.2. The summed E-state index contributed by atoms with van der Waals surface area (Å²) in [5.41, 5.74) is -4.45. The van der Waals surface area contributed by atoms with Crippen LogP contribution in [0.15, 0.2) is 18.2 Å². The molecule has 1 aromatic rings. The molecule has 0 saturated carbocycles. The van der Waals surface area contributed by atoms with Crippen LogP contribution in [0.1, 0.15) is 42.3 Å². The standard InChI is InChI=1S/C17H21F6N2O5P/c1-9(2)30-15(27)10(3)24-31(28,8-29-4)25-14(26)11-5-12(16(18,19)20)7-13(6-11)17(21,22)23/h5-7,9-10H,8H2,1-4H3,(H2,24,25,26,28)/t10-,31?/m0/s1. The Morgan fingerprint density at radius 1 is 1.00 bits per heavy atom. The summed E-state index contributed by atoms with van der Waals surface area (Å²) >= 11 is 0. The van der Waals surface area contributed by atoms with Crippen molar-refractivity contribution in [1.82, 2.24) is 10.2 Å². The van der Waals surface area contributed by atoms with Gasteiger partial charge in [-0.2, -0.15) is 26.3 Å². The van der Waals surface area contributed by atoms with Crippen molar-refractivity contribution in [2.24, 2.45) is 0 Å². The van der Waals surface area contributed by atoms with E-state index >= 15 is 0 Å². The summed E-state index contributed by atoms with van der Waals surface area (Å²) in [4.78, 5) is 24.3. The highest BCUT2D eigenvalue weighted by molar-refractivity contribution is 7.60. The number of nitrogens with one attached hydrogen (secondary N) is 2. The maximum Gasteiger partial charge on any atom is 0.416 e. The highest BCUT2D eigenvalue weighted by Gasteiger charge is 2.38. The molecule has 0 radical (unpaired) electrons. The molecule has 14 heteroatoms. The van der Waals surface area contributed by atoms with E-state index in [0.29, 0.717) is 0 Å². The van der Waals surface area contributed by atoms with Crippen molar-refractivity contribution in [2.45, 2.75) is 45.3 Å². The van der Waals surface area contributed by atoms with Gasteiger partial charge >= 0.3 is 18.3 Å². The van der Waals surface area contributed by atoms with Crippen molar-refractivity contribution in [1.29, 1.82) is 0 Å². The molecule has 176 valence electrons. The first-order valence-electron chi connectivity index (χ1n) is 8.67. The van der Waals surface area contributed by atoms with Crippen molar-refractivity contribution in [3.05, 3.63) is 34.9 Å². The van der Waals surface area contributed by atoms with Crippen LogP contribution < -0.4 is 10.2 Å². The Balaban J connectivity index is 3.25. The second-order valence-electron chi connectivity index (χ2n) is 6.73. The second-order valence-corrected chi connectivity index (χ2v) is 8.95. The van der Waals surface area contributed by atoms with Crippen LogP contribution in [-0.2, 0) is 31.2 Å². The number of hydrogen-bond donors (Lipinski definition) is 2. The number of rotatable bonds is 8. The lowest BCUT2D eigenvalue weighted by atomic mass is 10.0. The first-order valence-corrected chi connectivity index (χ1v) is 10.6. The molecule has 1 aromatic carbocycles. The van der Waals surface area contributed by atoms with E-state index < -0.39 is 66.9 Å². The third-order valence-corrected chi connectivity index (χ3v) is 5.54. The quantitative estimate of drug-likeness (QED) is 0.331. The maximum atomic E-state index is 13.0. The minimum absolute atomic E-state index is 0.145. The predicted molar refractivity (Wildman–Crippen MR) is 97.2 cm³/mol. The smallest absolute Gasteiger partial charge is 0.416 e. The van der Waals surface area contributed by atoms with Crippen LogP contribution in [0.5, 0.6) is 0 Å². The zero-order valence-electron chi connectivity index (χ0n) is 16.9. The summed E-state index contributed by atoms with van der Waals surface area (Å²) < 4.78 is 100. The molecular formula is C17H21F6N2O5P. The van der Waals surface area contributed by atoms with Gasteiger partial charge in [0, 0.05) is 12.7 Å². The van der Waals surface area contributed by atoms with Gasteiger partial charge in [-0.15, -0.1) is 0 Å². The third-order valence-electron chi connectivity index (χ3n) is 3.55. The summed E-state index contributed by atoms with van der Waals surface area (Å²) in [6.07, 6.45) is -11.6. The predicted octanol–water partition coefficient (Wildman–Crippen LogP) is 4.18. The maximum absolute atomic E-state index is 13.0. The summed E-state index contributed by atoms with van der Waals surface area (Å²) in [6.45, 7) is 4.34. The molecule has 0 spiro atoms. The molecular weight excluding hydrogens is 457 g/mol. The normalized spacial score (nSPS) is 15.3. The highest BCUT2D eigenvalue weighted by atomic mass is 31.2. The molecule has 0 bridgehead atoms. The first-order chi connectivity index (χ1) is 14.0. The fraction of sp³-hybridized carbons (Fsp3) is 0.529. The average molecular weight is 478 g/mol. The lowest BCUT2D eigenvalue weighted by Crippen LogP contribution is -2.40. The van der Waals surface area contributed by atoms with Crippen LogP contribution in [0.3, 0.4) is 0 Å². The fourth-order valence-corrected chi connectivity index (χ4v) is 4.05. The van der Waals surface area contributed by atoms with Crippen molar-refractivity contribution in [2.75, 3.05) is 13.5 Å². The summed E-state index contributed by atoms with van der Waals surface area (Å²) in [6, 6.07) is -1.000. The van der Waals surface area contributed by atoms with Gasteiger partial charge in [-0.3, -0.25) is 19.2 Å². The lowest BCUT2D eigenvalue weighted by Gasteiger charge is -2.24. The molecule has 0 heterocycles. The number of alkyl halides is 6. The number of carbonyl (C=O) groups excluding carboxylic acids is 2. The van der Waals surface area contributed by atoms with Gasteiger partial charge in [0.2, 0.25) is 0 Å². The van der Waals surface area contributed by atoms with Crippen LogP contribution in [0, 0.1) is 0 Å².